The van der Waals surface area contributed by atoms with E-state index < -0.39 is 9.84 Å². The SMILES string of the molecule is CCNC(C)CS(=O)(=O)c1ccc(Cl)c(Cl)c1. The van der Waals surface area contributed by atoms with Crippen molar-refractivity contribution in [3.8, 4) is 0 Å². The van der Waals surface area contributed by atoms with Crippen molar-refractivity contribution in [3.05, 3.63) is 28.2 Å². The molecule has 0 fully saturated rings. The van der Waals surface area contributed by atoms with Crippen LogP contribution in [0.2, 0.25) is 10.0 Å². The second-order valence-electron chi connectivity index (χ2n) is 3.82. The molecular weight excluding hydrogens is 281 g/mol. The fourth-order valence-electron chi connectivity index (χ4n) is 1.50. The average Bonchev–Trinajstić information content (AvgIpc) is 2.21. The lowest BCUT2D eigenvalue weighted by Crippen LogP contribution is -2.32. The Morgan fingerprint density at radius 2 is 1.94 bits per heavy atom. The van der Waals surface area contributed by atoms with Gasteiger partial charge in [-0.3, -0.25) is 0 Å². The first-order chi connectivity index (χ1) is 7.86. The van der Waals surface area contributed by atoms with Crippen molar-refractivity contribution in [1.29, 1.82) is 0 Å². The van der Waals surface area contributed by atoms with Crippen molar-refractivity contribution in [1.82, 2.24) is 5.32 Å². The second kappa shape index (κ2) is 6.05. The largest absolute Gasteiger partial charge is 0.314 e. The maximum atomic E-state index is 12.0. The van der Waals surface area contributed by atoms with Gasteiger partial charge in [0.2, 0.25) is 0 Å². The Morgan fingerprint density at radius 1 is 1.29 bits per heavy atom. The van der Waals surface area contributed by atoms with Gasteiger partial charge in [-0.15, -0.1) is 0 Å². The standard InChI is InChI=1S/C11H15Cl2NO2S/c1-3-14-8(2)7-17(15,16)9-4-5-10(12)11(13)6-9/h4-6,8,14H,3,7H2,1-2H3. The van der Waals surface area contributed by atoms with Crippen LogP contribution in [-0.4, -0.2) is 26.8 Å². The van der Waals surface area contributed by atoms with Gasteiger partial charge in [0.1, 0.15) is 0 Å². The summed E-state index contributed by atoms with van der Waals surface area (Å²) in [7, 11) is -3.33. The molecule has 1 aromatic rings. The van der Waals surface area contributed by atoms with Crippen molar-refractivity contribution in [2.75, 3.05) is 12.3 Å². The van der Waals surface area contributed by atoms with Crippen molar-refractivity contribution < 1.29 is 8.42 Å². The summed E-state index contributed by atoms with van der Waals surface area (Å²) in [6, 6.07) is 4.26. The lowest BCUT2D eigenvalue weighted by atomic mass is 10.4. The van der Waals surface area contributed by atoms with E-state index in [9.17, 15) is 8.42 Å². The smallest absolute Gasteiger partial charge is 0.179 e. The van der Waals surface area contributed by atoms with Gasteiger partial charge in [-0.2, -0.15) is 0 Å². The van der Waals surface area contributed by atoms with Gasteiger partial charge in [0.25, 0.3) is 0 Å². The molecule has 0 saturated carbocycles. The number of hydrogen-bond acceptors (Lipinski definition) is 3. The second-order valence-corrected chi connectivity index (χ2v) is 6.66. The summed E-state index contributed by atoms with van der Waals surface area (Å²) < 4.78 is 24.1. The monoisotopic (exact) mass is 295 g/mol. The highest BCUT2D eigenvalue weighted by Crippen LogP contribution is 2.25. The average molecular weight is 296 g/mol. The van der Waals surface area contributed by atoms with Gasteiger partial charge in [0, 0.05) is 6.04 Å². The third-order valence-electron chi connectivity index (χ3n) is 2.27. The minimum absolute atomic E-state index is 0.0405. The zero-order chi connectivity index (χ0) is 13.1. The molecule has 0 radical (unpaired) electrons. The van der Waals surface area contributed by atoms with Crippen LogP contribution < -0.4 is 5.32 Å². The summed E-state index contributed by atoms with van der Waals surface area (Å²) in [6.07, 6.45) is 0. The number of halogens is 2. The molecule has 3 nitrogen and oxygen atoms in total. The molecule has 0 aliphatic carbocycles. The maximum Gasteiger partial charge on any atom is 0.179 e. The molecule has 1 aromatic carbocycles. The van der Waals surface area contributed by atoms with E-state index in [1.54, 1.807) is 0 Å². The van der Waals surface area contributed by atoms with Gasteiger partial charge in [0.05, 0.1) is 20.7 Å². The zero-order valence-corrected chi connectivity index (χ0v) is 12.0. The molecule has 0 aliphatic rings. The third-order valence-corrected chi connectivity index (χ3v) is 4.92. The van der Waals surface area contributed by atoms with Crippen LogP contribution in [0.25, 0.3) is 0 Å². The van der Waals surface area contributed by atoms with Gasteiger partial charge in [-0.25, -0.2) is 8.42 Å². The quantitative estimate of drug-likeness (QED) is 0.909. The van der Waals surface area contributed by atoms with E-state index in [0.29, 0.717) is 5.02 Å². The van der Waals surface area contributed by atoms with Crippen LogP contribution in [0.15, 0.2) is 23.1 Å². The van der Waals surface area contributed by atoms with E-state index in [2.05, 4.69) is 5.32 Å². The molecule has 0 aliphatic heterocycles. The summed E-state index contributed by atoms with van der Waals surface area (Å²) in [4.78, 5) is 0.205. The normalized spacial score (nSPS) is 13.6. The summed E-state index contributed by atoms with van der Waals surface area (Å²) in [6.45, 7) is 4.50. The molecule has 0 spiro atoms. The maximum absolute atomic E-state index is 12.0. The molecule has 17 heavy (non-hydrogen) atoms. The molecular formula is C11H15Cl2NO2S. The highest BCUT2D eigenvalue weighted by atomic mass is 35.5. The van der Waals surface area contributed by atoms with Crippen LogP contribution in [0.4, 0.5) is 0 Å². The first-order valence-corrected chi connectivity index (χ1v) is 7.69. The molecule has 1 unspecified atom stereocenters. The van der Waals surface area contributed by atoms with Crippen LogP contribution in [0, 0.1) is 0 Å². The van der Waals surface area contributed by atoms with E-state index in [4.69, 9.17) is 23.2 Å². The van der Waals surface area contributed by atoms with Crippen LogP contribution in [0.5, 0.6) is 0 Å². The van der Waals surface area contributed by atoms with Crippen molar-refractivity contribution in [2.24, 2.45) is 0 Å². The Labute approximate surface area is 112 Å². The highest BCUT2D eigenvalue weighted by molar-refractivity contribution is 7.91. The molecule has 0 saturated heterocycles. The number of hydrogen-bond donors (Lipinski definition) is 1. The van der Waals surface area contributed by atoms with E-state index in [-0.39, 0.29) is 21.7 Å². The Balaban J connectivity index is 2.93. The Hall–Kier alpha value is -0.290. The van der Waals surface area contributed by atoms with E-state index in [0.717, 1.165) is 6.54 Å². The summed E-state index contributed by atoms with van der Waals surface area (Å²) >= 11 is 11.6. The molecule has 0 aromatic heterocycles. The van der Waals surface area contributed by atoms with Gasteiger partial charge in [-0.05, 0) is 31.7 Å². The fourth-order valence-corrected chi connectivity index (χ4v) is 3.41. The van der Waals surface area contributed by atoms with Gasteiger partial charge in [-0.1, -0.05) is 30.1 Å². The summed E-state index contributed by atoms with van der Waals surface area (Å²) in [5.41, 5.74) is 0. The van der Waals surface area contributed by atoms with Gasteiger partial charge < -0.3 is 5.32 Å². The topological polar surface area (TPSA) is 46.2 Å². The number of rotatable bonds is 5. The summed E-state index contributed by atoms with van der Waals surface area (Å²) in [5, 5.41) is 3.66. The predicted molar refractivity (Wildman–Crippen MR) is 71.7 cm³/mol. The Kier molecular flexibility index (Phi) is 5.25. The van der Waals surface area contributed by atoms with Crippen molar-refractivity contribution >= 4 is 33.0 Å². The van der Waals surface area contributed by atoms with Gasteiger partial charge in [0.15, 0.2) is 9.84 Å². The highest BCUT2D eigenvalue weighted by Gasteiger charge is 2.18. The fraction of sp³-hybridized carbons (Fsp3) is 0.455. The minimum Gasteiger partial charge on any atom is -0.314 e. The number of nitrogens with one attached hydrogen (secondary N) is 1. The van der Waals surface area contributed by atoms with Crippen molar-refractivity contribution in [3.63, 3.8) is 0 Å². The molecule has 0 amide bonds. The van der Waals surface area contributed by atoms with E-state index in [1.807, 2.05) is 13.8 Å². The van der Waals surface area contributed by atoms with Crippen molar-refractivity contribution in [2.45, 2.75) is 24.8 Å². The number of sulfone groups is 1. The minimum atomic E-state index is -3.33. The van der Waals surface area contributed by atoms with Crippen LogP contribution in [0.1, 0.15) is 13.8 Å². The first kappa shape index (κ1) is 14.8. The molecule has 0 heterocycles. The van der Waals surface area contributed by atoms with Crippen LogP contribution in [-0.2, 0) is 9.84 Å². The molecule has 0 bridgehead atoms. The summed E-state index contributed by atoms with van der Waals surface area (Å²) in [5.74, 6) is 0.0405. The van der Waals surface area contributed by atoms with Crippen LogP contribution in [0.3, 0.4) is 0 Å². The molecule has 1 rings (SSSR count). The lowest BCUT2D eigenvalue weighted by molar-refractivity contribution is 0.566. The van der Waals surface area contributed by atoms with Crippen LogP contribution >= 0.6 is 23.2 Å². The molecule has 1 N–H and O–H groups in total. The third kappa shape index (κ3) is 4.14. The zero-order valence-electron chi connectivity index (χ0n) is 9.70. The lowest BCUT2D eigenvalue weighted by Gasteiger charge is -2.13. The molecule has 96 valence electrons. The first-order valence-electron chi connectivity index (χ1n) is 5.28. The van der Waals surface area contributed by atoms with E-state index >= 15 is 0 Å². The predicted octanol–water partition coefficient (Wildman–Crippen LogP) is 2.77. The Morgan fingerprint density at radius 3 is 2.47 bits per heavy atom. The van der Waals surface area contributed by atoms with E-state index in [1.165, 1.54) is 18.2 Å². The van der Waals surface area contributed by atoms with Gasteiger partial charge >= 0.3 is 0 Å². The Bertz CT molecular complexity index is 488. The molecule has 6 heteroatoms. The number of benzene rings is 1. The molecule has 1 atom stereocenters.